The smallest absolute Gasteiger partial charge is 0.329 e. The summed E-state index contributed by atoms with van der Waals surface area (Å²) >= 11 is 0. The molecular formula is C23H28N2O5. The van der Waals surface area contributed by atoms with Crippen LogP contribution in [0, 0.1) is 12.8 Å². The molecule has 30 heavy (non-hydrogen) atoms. The van der Waals surface area contributed by atoms with Crippen LogP contribution < -0.4 is 15.4 Å². The van der Waals surface area contributed by atoms with Gasteiger partial charge in [-0.3, -0.25) is 9.59 Å². The number of carbonyl (C=O) groups excluding carboxylic acids is 3. The summed E-state index contributed by atoms with van der Waals surface area (Å²) in [6, 6.07) is 13.5. The Balaban J connectivity index is 1.86. The molecule has 2 aromatic rings. The SMILES string of the molecule is COc1ccc(CNC(=O)COC(=O)[C@@H](NC(=O)c2ccccc2C)C(C)C)cc1. The van der Waals surface area contributed by atoms with Crippen LogP contribution in [0.3, 0.4) is 0 Å². The number of hydrogen-bond acceptors (Lipinski definition) is 5. The Kier molecular flexibility index (Phi) is 8.41. The Hall–Kier alpha value is -3.35. The quantitative estimate of drug-likeness (QED) is 0.618. The predicted molar refractivity (Wildman–Crippen MR) is 113 cm³/mol. The van der Waals surface area contributed by atoms with Crippen molar-refractivity contribution in [1.82, 2.24) is 10.6 Å². The first-order valence-electron chi connectivity index (χ1n) is 9.74. The first-order valence-corrected chi connectivity index (χ1v) is 9.74. The number of methoxy groups -OCH3 is 1. The van der Waals surface area contributed by atoms with Crippen LogP contribution in [0.2, 0.25) is 0 Å². The molecule has 0 aliphatic carbocycles. The van der Waals surface area contributed by atoms with Crippen molar-refractivity contribution in [2.45, 2.75) is 33.4 Å². The number of aryl methyl sites for hydroxylation is 1. The number of esters is 1. The third kappa shape index (κ3) is 6.62. The second kappa shape index (κ2) is 11.0. The van der Waals surface area contributed by atoms with E-state index in [0.29, 0.717) is 12.1 Å². The van der Waals surface area contributed by atoms with E-state index in [1.54, 1.807) is 45.2 Å². The van der Waals surface area contributed by atoms with Crippen molar-refractivity contribution in [3.8, 4) is 5.75 Å². The van der Waals surface area contributed by atoms with Crippen molar-refractivity contribution in [2.24, 2.45) is 5.92 Å². The first-order chi connectivity index (χ1) is 14.3. The molecular weight excluding hydrogens is 384 g/mol. The predicted octanol–water partition coefficient (Wildman–Crippen LogP) is 2.62. The molecule has 0 radical (unpaired) electrons. The zero-order valence-corrected chi connectivity index (χ0v) is 17.7. The van der Waals surface area contributed by atoms with Crippen molar-refractivity contribution in [3.05, 3.63) is 65.2 Å². The van der Waals surface area contributed by atoms with Gasteiger partial charge in [0.25, 0.3) is 11.8 Å². The minimum absolute atomic E-state index is 0.201. The van der Waals surface area contributed by atoms with E-state index in [-0.39, 0.29) is 11.8 Å². The lowest BCUT2D eigenvalue weighted by Gasteiger charge is -2.21. The molecule has 2 amide bonds. The van der Waals surface area contributed by atoms with Crippen molar-refractivity contribution >= 4 is 17.8 Å². The summed E-state index contributed by atoms with van der Waals surface area (Å²) in [5.41, 5.74) is 2.19. The molecule has 7 heteroatoms. The van der Waals surface area contributed by atoms with Gasteiger partial charge in [0.1, 0.15) is 11.8 Å². The van der Waals surface area contributed by atoms with Gasteiger partial charge in [-0.05, 0) is 42.2 Å². The van der Waals surface area contributed by atoms with Crippen LogP contribution in [-0.2, 0) is 20.9 Å². The molecule has 7 nitrogen and oxygen atoms in total. The summed E-state index contributed by atoms with van der Waals surface area (Å²) in [7, 11) is 1.58. The molecule has 2 aromatic carbocycles. The van der Waals surface area contributed by atoms with Crippen LogP contribution in [0.1, 0.15) is 35.3 Å². The highest BCUT2D eigenvalue weighted by atomic mass is 16.5. The number of hydrogen-bond donors (Lipinski definition) is 2. The van der Waals surface area contributed by atoms with E-state index >= 15 is 0 Å². The zero-order chi connectivity index (χ0) is 22.1. The van der Waals surface area contributed by atoms with Crippen LogP contribution in [0.4, 0.5) is 0 Å². The van der Waals surface area contributed by atoms with Gasteiger partial charge in [0.05, 0.1) is 7.11 Å². The van der Waals surface area contributed by atoms with E-state index in [4.69, 9.17) is 9.47 Å². The van der Waals surface area contributed by atoms with E-state index in [1.165, 1.54) is 0 Å². The molecule has 0 fully saturated rings. The minimum Gasteiger partial charge on any atom is -0.497 e. The number of amides is 2. The average molecular weight is 412 g/mol. The van der Waals surface area contributed by atoms with Gasteiger partial charge >= 0.3 is 5.97 Å². The summed E-state index contributed by atoms with van der Waals surface area (Å²) < 4.78 is 10.2. The van der Waals surface area contributed by atoms with Crippen LogP contribution >= 0.6 is 0 Å². The van der Waals surface area contributed by atoms with Crippen LogP contribution in [0.15, 0.2) is 48.5 Å². The fourth-order valence-electron chi connectivity index (χ4n) is 2.77. The Morgan fingerprint density at radius 3 is 2.27 bits per heavy atom. The van der Waals surface area contributed by atoms with Crippen molar-refractivity contribution < 1.29 is 23.9 Å². The molecule has 0 heterocycles. The summed E-state index contributed by atoms with van der Waals surface area (Å²) in [4.78, 5) is 37.0. The fraction of sp³-hybridized carbons (Fsp3) is 0.348. The molecule has 2 rings (SSSR count). The van der Waals surface area contributed by atoms with E-state index in [1.807, 2.05) is 31.2 Å². The maximum atomic E-state index is 12.5. The van der Waals surface area contributed by atoms with Crippen LogP contribution in [0.25, 0.3) is 0 Å². The lowest BCUT2D eigenvalue weighted by atomic mass is 10.0. The monoisotopic (exact) mass is 412 g/mol. The Morgan fingerprint density at radius 1 is 1.00 bits per heavy atom. The molecule has 0 aliphatic heterocycles. The second-order valence-corrected chi connectivity index (χ2v) is 7.24. The molecule has 160 valence electrons. The highest BCUT2D eigenvalue weighted by Crippen LogP contribution is 2.12. The zero-order valence-electron chi connectivity index (χ0n) is 17.7. The number of benzene rings is 2. The van der Waals surface area contributed by atoms with Gasteiger partial charge in [0, 0.05) is 12.1 Å². The van der Waals surface area contributed by atoms with Gasteiger partial charge in [-0.15, -0.1) is 0 Å². The number of carbonyl (C=O) groups is 3. The normalized spacial score (nSPS) is 11.5. The topological polar surface area (TPSA) is 93.7 Å². The van der Waals surface area contributed by atoms with Gasteiger partial charge in [-0.25, -0.2) is 4.79 Å². The number of rotatable bonds is 9. The largest absolute Gasteiger partial charge is 0.497 e. The molecule has 2 N–H and O–H groups in total. The molecule has 0 saturated heterocycles. The van der Waals surface area contributed by atoms with Crippen molar-refractivity contribution in [1.29, 1.82) is 0 Å². The Labute approximate surface area is 176 Å². The molecule has 0 aromatic heterocycles. The summed E-state index contributed by atoms with van der Waals surface area (Å²) in [5.74, 6) is -0.898. The highest BCUT2D eigenvalue weighted by molar-refractivity contribution is 5.98. The Morgan fingerprint density at radius 2 is 1.67 bits per heavy atom. The van der Waals surface area contributed by atoms with E-state index in [9.17, 15) is 14.4 Å². The highest BCUT2D eigenvalue weighted by Gasteiger charge is 2.27. The van der Waals surface area contributed by atoms with E-state index in [0.717, 1.165) is 16.9 Å². The standard InChI is InChI=1S/C23H28N2O5/c1-15(2)21(25-22(27)19-8-6-5-7-16(19)3)23(28)30-14-20(26)24-13-17-9-11-18(29-4)12-10-17/h5-12,15,21H,13-14H2,1-4H3,(H,24,26)(H,25,27)/t21-/m0/s1. The molecule has 0 aliphatic rings. The molecule has 1 atom stereocenters. The van der Waals surface area contributed by atoms with E-state index < -0.39 is 24.5 Å². The van der Waals surface area contributed by atoms with Crippen molar-refractivity contribution in [3.63, 3.8) is 0 Å². The first kappa shape index (κ1) is 22.9. The van der Waals surface area contributed by atoms with Gasteiger partial charge < -0.3 is 20.1 Å². The van der Waals surface area contributed by atoms with Gasteiger partial charge in [-0.1, -0.05) is 44.2 Å². The summed E-state index contributed by atoms with van der Waals surface area (Å²) in [6.45, 7) is 5.31. The third-order valence-corrected chi connectivity index (χ3v) is 4.59. The molecule has 0 spiro atoms. The average Bonchev–Trinajstić information content (AvgIpc) is 2.74. The number of ether oxygens (including phenoxy) is 2. The summed E-state index contributed by atoms with van der Waals surface area (Å²) in [6.07, 6.45) is 0. The molecule has 0 bridgehead atoms. The van der Waals surface area contributed by atoms with Gasteiger partial charge in [-0.2, -0.15) is 0 Å². The lowest BCUT2D eigenvalue weighted by molar-refractivity contribution is -0.151. The van der Waals surface area contributed by atoms with E-state index in [2.05, 4.69) is 10.6 Å². The van der Waals surface area contributed by atoms with Gasteiger partial charge in [0.15, 0.2) is 6.61 Å². The minimum atomic E-state index is -0.855. The summed E-state index contributed by atoms with van der Waals surface area (Å²) in [5, 5.41) is 5.40. The maximum absolute atomic E-state index is 12.5. The molecule has 0 saturated carbocycles. The second-order valence-electron chi connectivity index (χ2n) is 7.24. The third-order valence-electron chi connectivity index (χ3n) is 4.59. The number of nitrogens with one attached hydrogen (secondary N) is 2. The maximum Gasteiger partial charge on any atom is 0.329 e. The van der Waals surface area contributed by atoms with Crippen molar-refractivity contribution in [2.75, 3.05) is 13.7 Å². The fourth-order valence-corrected chi connectivity index (χ4v) is 2.77. The lowest BCUT2D eigenvalue weighted by Crippen LogP contribution is -2.46. The molecule has 0 unspecified atom stereocenters. The van der Waals surface area contributed by atoms with Crippen LogP contribution in [-0.4, -0.2) is 37.5 Å². The Bertz CT molecular complexity index is 877. The van der Waals surface area contributed by atoms with Gasteiger partial charge in [0.2, 0.25) is 0 Å². The van der Waals surface area contributed by atoms with Crippen LogP contribution in [0.5, 0.6) is 5.75 Å².